The van der Waals surface area contributed by atoms with Crippen molar-refractivity contribution in [1.82, 2.24) is 9.88 Å². The van der Waals surface area contributed by atoms with E-state index in [0.29, 0.717) is 12.4 Å². The van der Waals surface area contributed by atoms with Crippen LogP contribution in [0.5, 0.6) is 0 Å². The van der Waals surface area contributed by atoms with Gasteiger partial charge in [0, 0.05) is 6.20 Å². The van der Waals surface area contributed by atoms with Crippen molar-refractivity contribution < 1.29 is 4.79 Å². The first-order chi connectivity index (χ1) is 6.58. The number of aromatic nitrogens is 1. The fraction of sp³-hybridized carbons (Fsp3) is 0.400. The Kier molecular flexibility index (Phi) is 3.59. The van der Waals surface area contributed by atoms with E-state index in [9.17, 15) is 4.79 Å². The van der Waals surface area contributed by atoms with Crippen LogP contribution in [0.2, 0.25) is 0 Å². The van der Waals surface area contributed by atoms with Crippen molar-refractivity contribution >= 4 is 11.7 Å². The molecule has 0 atom stereocenters. The van der Waals surface area contributed by atoms with Crippen molar-refractivity contribution in [1.29, 1.82) is 0 Å². The number of carbonyl (C=O) groups excluding carboxylic acids is 1. The highest BCUT2D eigenvalue weighted by atomic mass is 16.2. The number of aryl methyl sites for hydroxylation is 1. The van der Waals surface area contributed by atoms with Crippen LogP contribution in [-0.4, -0.2) is 36.4 Å². The number of hydrogen-bond acceptors (Lipinski definition) is 3. The average molecular weight is 193 g/mol. The Bertz CT molecular complexity index is 306. The maximum Gasteiger partial charge on any atom is 0.239 e. The predicted octanol–water partition coefficient (Wildman–Crippen LogP) is 0.890. The van der Waals surface area contributed by atoms with Crippen LogP contribution in [-0.2, 0) is 4.79 Å². The van der Waals surface area contributed by atoms with Gasteiger partial charge in [0.2, 0.25) is 5.91 Å². The third kappa shape index (κ3) is 3.53. The number of anilines is 1. The summed E-state index contributed by atoms with van der Waals surface area (Å²) in [6.45, 7) is 2.33. The van der Waals surface area contributed by atoms with E-state index in [1.54, 1.807) is 12.3 Å². The molecule has 0 spiro atoms. The van der Waals surface area contributed by atoms with Gasteiger partial charge in [0.15, 0.2) is 0 Å². The Morgan fingerprint density at radius 1 is 1.50 bits per heavy atom. The van der Waals surface area contributed by atoms with Gasteiger partial charge in [0.25, 0.3) is 0 Å². The van der Waals surface area contributed by atoms with Crippen LogP contribution in [0.25, 0.3) is 0 Å². The lowest BCUT2D eigenvalue weighted by molar-refractivity contribution is -0.116. The van der Waals surface area contributed by atoms with Gasteiger partial charge in [0.05, 0.1) is 6.54 Å². The van der Waals surface area contributed by atoms with E-state index in [1.807, 2.05) is 32.0 Å². The van der Waals surface area contributed by atoms with Crippen LogP contribution in [0.1, 0.15) is 5.56 Å². The second-order valence-electron chi connectivity index (χ2n) is 3.51. The second kappa shape index (κ2) is 4.72. The zero-order valence-corrected chi connectivity index (χ0v) is 8.74. The Labute approximate surface area is 83.9 Å². The first kappa shape index (κ1) is 10.7. The molecule has 1 aromatic heterocycles. The van der Waals surface area contributed by atoms with Gasteiger partial charge in [-0.2, -0.15) is 0 Å². The van der Waals surface area contributed by atoms with Gasteiger partial charge in [-0.15, -0.1) is 0 Å². The fourth-order valence-electron chi connectivity index (χ4n) is 1.01. The summed E-state index contributed by atoms with van der Waals surface area (Å²) in [5.41, 5.74) is 1.08. The number of hydrogen-bond donors (Lipinski definition) is 1. The van der Waals surface area contributed by atoms with E-state index in [0.717, 1.165) is 5.56 Å². The molecule has 0 aliphatic heterocycles. The summed E-state index contributed by atoms with van der Waals surface area (Å²) >= 11 is 0. The zero-order chi connectivity index (χ0) is 10.6. The number of likely N-dealkylation sites (N-methyl/N-ethyl adjacent to an activating group) is 1. The Hall–Kier alpha value is -1.42. The predicted molar refractivity (Wildman–Crippen MR) is 56.2 cm³/mol. The van der Waals surface area contributed by atoms with Crippen LogP contribution >= 0.6 is 0 Å². The lowest BCUT2D eigenvalue weighted by atomic mass is 10.3. The van der Waals surface area contributed by atoms with Crippen LogP contribution in [0.4, 0.5) is 5.82 Å². The van der Waals surface area contributed by atoms with Gasteiger partial charge >= 0.3 is 0 Å². The van der Waals surface area contributed by atoms with Crippen LogP contribution < -0.4 is 5.32 Å². The summed E-state index contributed by atoms with van der Waals surface area (Å²) < 4.78 is 0. The van der Waals surface area contributed by atoms with Gasteiger partial charge in [-0.25, -0.2) is 4.98 Å². The van der Waals surface area contributed by atoms with E-state index in [-0.39, 0.29) is 5.91 Å². The zero-order valence-electron chi connectivity index (χ0n) is 8.74. The van der Waals surface area contributed by atoms with Crippen LogP contribution in [0.3, 0.4) is 0 Å². The quantitative estimate of drug-likeness (QED) is 0.775. The summed E-state index contributed by atoms with van der Waals surface area (Å²) in [6.07, 6.45) is 1.73. The SMILES string of the molecule is Cc1ccc(NC(=O)CN(C)C)nc1. The van der Waals surface area contributed by atoms with Crippen molar-refractivity contribution in [2.45, 2.75) is 6.92 Å². The number of amides is 1. The molecule has 0 fully saturated rings. The molecular formula is C10H15N3O. The van der Waals surface area contributed by atoms with Gasteiger partial charge in [-0.05, 0) is 32.6 Å². The Morgan fingerprint density at radius 2 is 2.21 bits per heavy atom. The molecule has 1 aromatic rings. The molecule has 0 bridgehead atoms. The third-order valence-corrected chi connectivity index (χ3v) is 1.64. The lowest BCUT2D eigenvalue weighted by Crippen LogP contribution is -2.27. The molecule has 0 aliphatic rings. The van der Waals surface area contributed by atoms with E-state index in [1.165, 1.54) is 0 Å². The van der Waals surface area contributed by atoms with E-state index in [4.69, 9.17) is 0 Å². The number of rotatable bonds is 3. The maximum atomic E-state index is 11.3. The first-order valence-corrected chi connectivity index (χ1v) is 4.45. The fourth-order valence-corrected chi connectivity index (χ4v) is 1.01. The molecule has 1 rings (SSSR count). The normalized spacial score (nSPS) is 10.3. The van der Waals surface area contributed by atoms with Gasteiger partial charge in [0.1, 0.15) is 5.82 Å². The molecule has 0 radical (unpaired) electrons. The minimum Gasteiger partial charge on any atom is -0.310 e. The molecule has 1 heterocycles. The molecule has 4 nitrogen and oxygen atoms in total. The molecule has 4 heteroatoms. The molecule has 0 aromatic carbocycles. The minimum atomic E-state index is -0.0497. The summed E-state index contributed by atoms with van der Waals surface area (Å²) in [7, 11) is 3.70. The molecule has 0 aliphatic carbocycles. The van der Waals surface area contributed by atoms with Crippen molar-refractivity contribution in [2.75, 3.05) is 26.0 Å². The standard InChI is InChI=1S/C10H15N3O/c1-8-4-5-9(11-6-8)12-10(14)7-13(2)3/h4-6H,7H2,1-3H3,(H,11,12,14). The van der Waals surface area contributed by atoms with Gasteiger partial charge in [-0.3, -0.25) is 4.79 Å². The average Bonchev–Trinajstić information content (AvgIpc) is 2.07. The number of pyridine rings is 1. The summed E-state index contributed by atoms with van der Waals surface area (Å²) in [4.78, 5) is 17.2. The molecule has 76 valence electrons. The number of carbonyl (C=O) groups is 1. The van der Waals surface area contributed by atoms with E-state index >= 15 is 0 Å². The summed E-state index contributed by atoms with van der Waals surface area (Å²) in [5, 5.41) is 2.71. The molecule has 0 unspecified atom stereocenters. The van der Waals surface area contributed by atoms with Gasteiger partial charge in [-0.1, -0.05) is 6.07 Å². The van der Waals surface area contributed by atoms with Crippen LogP contribution in [0.15, 0.2) is 18.3 Å². The minimum absolute atomic E-state index is 0.0497. The number of nitrogens with one attached hydrogen (secondary N) is 1. The molecule has 1 N–H and O–H groups in total. The molecule has 14 heavy (non-hydrogen) atoms. The van der Waals surface area contributed by atoms with Crippen molar-refractivity contribution in [2.24, 2.45) is 0 Å². The highest BCUT2D eigenvalue weighted by Gasteiger charge is 2.03. The van der Waals surface area contributed by atoms with Crippen molar-refractivity contribution in [3.05, 3.63) is 23.9 Å². The van der Waals surface area contributed by atoms with E-state index in [2.05, 4.69) is 10.3 Å². The highest BCUT2D eigenvalue weighted by molar-refractivity contribution is 5.91. The second-order valence-corrected chi connectivity index (χ2v) is 3.51. The lowest BCUT2D eigenvalue weighted by Gasteiger charge is -2.09. The molecule has 1 amide bonds. The number of nitrogens with zero attached hydrogens (tertiary/aromatic N) is 2. The largest absolute Gasteiger partial charge is 0.310 e. The highest BCUT2D eigenvalue weighted by Crippen LogP contribution is 2.03. The van der Waals surface area contributed by atoms with Crippen LogP contribution in [0, 0.1) is 6.92 Å². The van der Waals surface area contributed by atoms with Crippen molar-refractivity contribution in [3.63, 3.8) is 0 Å². The molecule has 0 saturated carbocycles. The topological polar surface area (TPSA) is 45.2 Å². The maximum absolute atomic E-state index is 11.3. The summed E-state index contributed by atoms with van der Waals surface area (Å²) in [6, 6.07) is 3.71. The van der Waals surface area contributed by atoms with E-state index < -0.39 is 0 Å². The molecular weight excluding hydrogens is 178 g/mol. The third-order valence-electron chi connectivity index (χ3n) is 1.64. The Balaban J connectivity index is 2.52. The summed E-state index contributed by atoms with van der Waals surface area (Å²) in [5.74, 6) is 0.550. The first-order valence-electron chi connectivity index (χ1n) is 4.45. The van der Waals surface area contributed by atoms with Crippen molar-refractivity contribution in [3.8, 4) is 0 Å². The Morgan fingerprint density at radius 3 is 2.71 bits per heavy atom. The van der Waals surface area contributed by atoms with Gasteiger partial charge < -0.3 is 10.2 Å². The molecule has 0 saturated heterocycles. The smallest absolute Gasteiger partial charge is 0.239 e. The monoisotopic (exact) mass is 193 g/mol.